The molecule has 0 unspecified atom stereocenters. The van der Waals surface area contributed by atoms with Gasteiger partial charge in [0.2, 0.25) is 5.82 Å². The minimum atomic E-state index is -1.10. The summed E-state index contributed by atoms with van der Waals surface area (Å²) in [6, 6.07) is 7.61. The highest BCUT2D eigenvalue weighted by Crippen LogP contribution is 2.22. The first kappa shape index (κ1) is 35.3. The number of carbonyl (C=O) groups excluding carboxylic acids is 2. The fourth-order valence-electron chi connectivity index (χ4n) is 4.37. The van der Waals surface area contributed by atoms with Crippen molar-refractivity contribution >= 4 is 17.8 Å². The number of rotatable bonds is 20. The fourth-order valence-corrected chi connectivity index (χ4v) is 4.37. The molecule has 0 saturated carbocycles. The van der Waals surface area contributed by atoms with Gasteiger partial charge in [-0.05, 0) is 71.1 Å². The summed E-state index contributed by atoms with van der Waals surface area (Å²) in [5.74, 6) is -0.225. The largest absolute Gasteiger partial charge is 0.476 e. The van der Waals surface area contributed by atoms with Crippen molar-refractivity contribution in [2.45, 2.75) is 105 Å². The molecule has 1 heterocycles. The van der Waals surface area contributed by atoms with Crippen LogP contribution in [0, 0.1) is 0 Å². The maximum atomic E-state index is 13.1. The lowest BCUT2D eigenvalue weighted by molar-refractivity contribution is -0.158. The third-order valence-electron chi connectivity index (χ3n) is 6.65. The average Bonchev–Trinajstić information content (AvgIpc) is 2.96. The van der Waals surface area contributed by atoms with Gasteiger partial charge in [0.25, 0.3) is 5.56 Å². The molecule has 1 aromatic heterocycles. The molecule has 1 N–H and O–H groups in total. The van der Waals surface area contributed by atoms with Gasteiger partial charge in [0, 0.05) is 19.2 Å². The number of esters is 2. The summed E-state index contributed by atoms with van der Waals surface area (Å²) in [6.45, 7) is 10.3. The van der Waals surface area contributed by atoms with E-state index in [1.54, 1.807) is 27.7 Å². The molecule has 11 heteroatoms. The van der Waals surface area contributed by atoms with Gasteiger partial charge in [-0.15, -0.1) is 5.10 Å². The highest BCUT2D eigenvalue weighted by molar-refractivity contribution is 5.81. The number of unbranched alkanes of at least 4 members (excludes halogenated alkanes) is 5. The number of aromatic nitrogens is 3. The van der Waals surface area contributed by atoms with Crippen LogP contribution in [0.3, 0.4) is 0 Å². The summed E-state index contributed by atoms with van der Waals surface area (Å²) in [5, 5.41) is 7.37. The highest BCUT2D eigenvalue weighted by atomic mass is 16.6. The van der Waals surface area contributed by atoms with Crippen molar-refractivity contribution in [3.8, 4) is 5.75 Å². The number of aryl methyl sites for hydroxylation is 1. The zero-order chi connectivity index (χ0) is 31.7. The van der Waals surface area contributed by atoms with E-state index in [-0.39, 0.29) is 25.6 Å². The Labute approximate surface area is 254 Å². The summed E-state index contributed by atoms with van der Waals surface area (Å²) in [6.07, 6.45) is 10.0. The number of nitrogens with one attached hydrogen (secondary N) is 1. The third-order valence-corrected chi connectivity index (χ3v) is 6.65. The minimum Gasteiger partial charge on any atom is -0.476 e. The molecule has 0 saturated heterocycles. The topological polar surface area (TPSA) is 131 Å². The molecule has 2 rings (SSSR count). The summed E-state index contributed by atoms with van der Waals surface area (Å²) in [5.41, 5.74) is -0.991. The normalized spacial score (nSPS) is 11.5. The SMILES string of the molecule is CCCCCCCn1c(=O)c(NCCCCc2cccc(OC(C)(C)C(=O)OCC)c2)nn(C/C=C/C(=O)OCC)c1=O. The monoisotopic (exact) mass is 600 g/mol. The molecule has 0 bridgehead atoms. The van der Waals surface area contributed by atoms with E-state index in [1.807, 2.05) is 24.3 Å². The van der Waals surface area contributed by atoms with Crippen LogP contribution in [0.1, 0.15) is 85.1 Å². The first-order valence-electron chi connectivity index (χ1n) is 15.4. The van der Waals surface area contributed by atoms with E-state index < -0.39 is 28.8 Å². The smallest absolute Gasteiger partial charge is 0.349 e. The van der Waals surface area contributed by atoms with Crippen molar-refractivity contribution < 1.29 is 23.8 Å². The molecule has 0 aliphatic heterocycles. The average molecular weight is 601 g/mol. The van der Waals surface area contributed by atoms with Gasteiger partial charge in [0.15, 0.2) is 5.60 Å². The number of ether oxygens (including phenoxy) is 3. The first-order chi connectivity index (χ1) is 20.6. The summed E-state index contributed by atoms with van der Waals surface area (Å²) in [7, 11) is 0. The van der Waals surface area contributed by atoms with Crippen LogP contribution in [0.5, 0.6) is 5.75 Å². The molecule has 43 heavy (non-hydrogen) atoms. The molecule has 0 amide bonds. The molecular weight excluding hydrogens is 552 g/mol. The summed E-state index contributed by atoms with van der Waals surface area (Å²) < 4.78 is 18.3. The quantitative estimate of drug-likeness (QED) is 0.131. The Morgan fingerprint density at radius 2 is 1.72 bits per heavy atom. The van der Waals surface area contributed by atoms with Crippen LogP contribution in [0.4, 0.5) is 5.82 Å². The van der Waals surface area contributed by atoms with Gasteiger partial charge in [-0.1, -0.05) is 50.8 Å². The van der Waals surface area contributed by atoms with E-state index in [0.717, 1.165) is 56.9 Å². The van der Waals surface area contributed by atoms with E-state index in [9.17, 15) is 19.2 Å². The van der Waals surface area contributed by atoms with Gasteiger partial charge in [-0.3, -0.25) is 9.36 Å². The lowest BCUT2D eigenvalue weighted by atomic mass is 10.1. The summed E-state index contributed by atoms with van der Waals surface area (Å²) in [4.78, 5) is 50.0. The van der Waals surface area contributed by atoms with Crippen molar-refractivity contribution in [1.82, 2.24) is 14.3 Å². The minimum absolute atomic E-state index is 0.0355. The van der Waals surface area contributed by atoms with Crippen molar-refractivity contribution in [2.75, 3.05) is 25.1 Å². The Bertz CT molecular complexity index is 1310. The molecule has 238 valence electrons. The third kappa shape index (κ3) is 12.1. The molecule has 0 spiro atoms. The maximum absolute atomic E-state index is 13.1. The number of anilines is 1. The van der Waals surface area contributed by atoms with E-state index >= 15 is 0 Å². The molecule has 0 aliphatic rings. The van der Waals surface area contributed by atoms with Crippen LogP contribution < -0.4 is 21.3 Å². The van der Waals surface area contributed by atoms with Crippen molar-refractivity contribution in [3.05, 3.63) is 62.8 Å². The van der Waals surface area contributed by atoms with E-state index in [2.05, 4.69) is 17.3 Å². The van der Waals surface area contributed by atoms with Crippen LogP contribution in [-0.2, 0) is 38.6 Å². The van der Waals surface area contributed by atoms with Crippen molar-refractivity contribution in [3.63, 3.8) is 0 Å². The van der Waals surface area contributed by atoms with Gasteiger partial charge in [-0.2, -0.15) is 0 Å². The predicted molar refractivity (Wildman–Crippen MR) is 166 cm³/mol. The Kier molecular flexibility index (Phi) is 15.3. The second-order valence-electron chi connectivity index (χ2n) is 10.7. The molecule has 0 fully saturated rings. The lowest BCUT2D eigenvalue weighted by Gasteiger charge is -2.24. The lowest BCUT2D eigenvalue weighted by Crippen LogP contribution is -2.42. The Balaban J connectivity index is 2.03. The number of hydrogen-bond acceptors (Lipinski definition) is 9. The maximum Gasteiger partial charge on any atom is 0.349 e. The zero-order valence-electron chi connectivity index (χ0n) is 26.4. The van der Waals surface area contributed by atoms with Gasteiger partial charge in [0.1, 0.15) is 5.75 Å². The molecule has 0 atom stereocenters. The van der Waals surface area contributed by atoms with Crippen LogP contribution >= 0.6 is 0 Å². The standard InChI is InChI=1S/C32H48N4O7/c1-6-9-10-11-14-22-35-29(38)28(34-36(31(35)40)23-16-20-27(37)41-7-2)33-21-13-12-17-25-18-15-19-26(24-25)43-32(4,5)30(39)42-8-3/h15-16,18-20,24H,6-14,17,21-23H2,1-5H3,(H,33,34)/b20-16+. The number of allylic oxidation sites excluding steroid dienone is 1. The second-order valence-corrected chi connectivity index (χ2v) is 10.7. The van der Waals surface area contributed by atoms with Crippen molar-refractivity contribution in [1.29, 1.82) is 0 Å². The van der Waals surface area contributed by atoms with Gasteiger partial charge < -0.3 is 19.5 Å². The van der Waals surface area contributed by atoms with E-state index in [4.69, 9.17) is 14.2 Å². The molecule has 11 nitrogen and oxygen atoms in total. The van der Waals surface area contributed by atoms with Crippen LogP contribution in [0.15, 0.2) is 46.0 Å². The number of nitrogens with zero attached hydrogens (tertiary/aromatic N) is 3. The molecule has 0 radical (unpaired) electrons. The number of hydrogen-bond donors (Lipinski definition) is 1. The molecule has 0 aliphatic carbocycles. The Hall–Kier alpha value is -3.89. The van der Waals surface area contributed by atoms with Gasteiger partial charge in [-0.25, -0.2) is 19.1 Å². The first-order valence-corrected chi connectivity index (χ1v) is 15.4. The summed E-state index contributed by atoms with van der Waals surface area (Å²) >= 11 is 0. The van der Waals surface area contributed by atoms with Crippen LogP contribution in [-0.4, -0.2) is 51.6 Å². The van der Waals surface area contributed by atoms with E-state index in [0.29, 0.717) is 18.8 Å². The second kappa shape index (κ2) is 18.6. The van der Waals surface area contributed by atoms with Crippen LogP contribution in [0.25, 0.3) is 0 Å². The van der Waals surface area contributed by atoms with Crippen LogP contribution in [0.2, 0.25) is 0 Å². The molecular formula is C32H48N4O7. The number of benzene rings is 1. The van der Waals surface area contributed by atoms with Crippen molar-refractivity contribution in [2.24, 2.45) is 0 Å². The number of carbonyl (C=O) groups is 2. The predicted octanol–water partition coefficient (Wildman–Crippen LogP) is 4.65. The van der Waals surface area contributed by atoms with Gasteiger partial charge in [0.05, 0.1) is 19.8 Å². The Morgan fingerprint density at radius 1 is 0.977 bits per heavy atom. The van der Waals surface area contributed by atoms with E-state index in [1.165, 1.54) is 21.4 Å². The molecule has 1 aromatic carbocycles. The molecule has 2 aromatic rings. The highest BCUT2D eigenvalue weighted by Gasteiger charge is 2.31. The van der Waals surface area contributed by atoms with Gasteiger partial charge >= 0.3 is 17.6 Å². The fraction of sp³-hybridized carbons (Fsp3) is 0.594. The Morgan fingerprint density at radius 3 is 2.44 bits per heavy atom. The zero-order valence-corrected chi connectivity index (χ0v) is 26.4.